The van der Waals surface area contributed by atoms with Gasteiger partial charge in [0.25, 0.3) is 5.69 Å². The Kier molecular flexibility index (Phi) is 4.19. The molecule has 0 unspecified atom stereocenters. The first-order valence-corrected chi connectivity index (χ1v) is 4.80. The van der Waals surface area contributed by atoms with Gasteiger partial charge in [0.1, 0.15) is 0 Å². The molecular formula is C10H11N3O5. The maximum Gasteiger partial charge on any atom is 0.274 e. The Labute approximate surface area is 102 Å². The Morgan fingerprint density at radius 3 is 2.78 bits per heavy atom. The van der Waals surface area contributed by atoms with E-state index in [0.29, 0.717) is 0 Å². The number of carbonyl (C=O) groups excluding carboxylic acids is 1. The third-order valence-electron chi connectivity index (χ3n) is 1.95. The molecule has 0 bridgehead atoms. The predicted molar refractivity (Wildman–Crippen MR) is 62.7 cm³/mol. The van der Waals surface area contributed by atoms with Crippen LogP contribution in [0.15, 0.2) is 17.2 Å². The summed E-state index contributed by atoms with van der Waals surface area (Å²) in [6, 6.07) is 2.20. The van der Waals surface area contributed by atoms with Gasteiger partial charge < -0.3 is 9.84 Å². The summed E-state index contributed by atoms with van der Waals surface area (Å²) in [5.41, 5.74) is 1.93. The van der Waals surface area contributed by atoms with Gasteiger partial charge in [-0.3, -0.25) is 14.9 Å². The summed E-state index contributed by atoms with van der Waals surface area (Å²) in [4.78, 5) is 20.6. The first-order chi connectivity index (χ1) is 8.45. The van der Waals surface area contributed by atoms with Gasteiger partial charge in [0, 0.05) is 18.6 Å². The first-order valence-electron chi connectivity index (χ1n) is 4.80. The lowest BCUT2D eigenvalue weighted by Crippen LogP contribution is -2.12. The van der Waals surface area contributed by atoms with E-state index >= 15 is 0 Å². The molecule has 2 N–H and O–H groups in total. The van der Waals surface area contributed by atoms with Gasteiger partial charge in [-0.25, -0.2) is 5.43 Å². The second-order valence-electron chi connectivity index (χ2n) is 3.27. The number of nitrogens with zero attached hydrogens (tertiary/aromatic N) is 2. The van der Waals surface area contributed by atoms with Crippen molar-refractivity contribution in [1.29, 1.82) is 0 Å². The largest absolute Gasteiger partial charge is 0.504 e. The van der Waals surface area contributed by atoms with Gasteiger partial charge in [-0.1, -0.05) is 0 Å². The van der Waals surface area contributed by atoms with E-state index in [0.717, 1.165) is 18.3 Å². The van der Waals surface area contributed by atoms with E-state index in [1.165, 1.54) is 14.0 Å². The number of benzene rings is 1. The molecule has 96 valence electrons. The van der Waals surface area contributed by atoms with E-state index in [4.69, 9.17) is 4.74 Å². The quantitative estimate of drug-likeness (QED) is 0.467. The topological polar surface area (TPSA) is 114 Å². The summed E-state index contributed by atoms with van der Waals surface area (Å²) in [7, 11) is 1.27. The van der Waals surface area contributed by atoms with Crippen LogP contribution in [-0.2, 0) is 4.79 Å². The van der Waals surface area contributed by atoms with Gasteiger partial charge >= 0.3 is 0 Å². The fourth-order valence-electron chi connectivity index (χ4n) is 1.17. The smallest absolute Gasteiger partial charge is 0.274 e. The number of carbonyl (C=O) groups is 1. The van der Waals surface area contributed by atoms with E-state index in [1.807, 2.05) is 0 Å². The van der Waals surface area contributed by atoms with Crippen molar-refractivity contribution in [3.8, 4) is 11.5 Å². The van der Waals surface area contributed by atoms with E-state index < -0.39 is 10.8 Å². The highest BCUT2D eigenvalue weighted by Gasteiger charge is 2.15. The lowest BCUT2D eigenvalue weighted by Gasteiger charge is -2.05. The lowest BCUT2D eigenvalue weighted by molar-refractivity contribution is -0.385. The second-order valence-corrected chi connectivity index (χ2v) is 3.27. The Morgan fingerprint density at radius 1 is 1.61 bits per heavy atom. The minimum atomic E-state index is -0.627. The Hall–Kier alpha value is -2.64. The summed E-state index contributed by atoms with van der Waals surface area (Å²) >= 11 is 0. The molecule has 1 amide bonds. The van der Waals surface area contributed by atoms with Crippen molar-refractivity contribution in [1.82, 2.24) is 5.43 Å². The monoisotopic (exact) mass is 253 g/mol. The molecule has 8 nitrogen and oxygen atoms in total. The van der Waals surface area contributed by atoms with Crippen molar-refractivity contribution >= 4 is 17.8 Å². The SMILES string of the molecule is COc1cc([N+](=O)[O-])cc(/C=N\NC(C)=O)c1O. The molecule has 18 heavy (non-hydrogen) atoms. The molecule has 0 aromatic heterocycles. The van der Waals surface area contributed by atoms with Crippen LogP contribution in [0.4, 0.5) is 5.69 Å². The van der Waals surface area contributed by atoms with E-state index in [-0.39, 0.29) is 22.7 Å². The minimum absolute atomic E-state index is 0.0477. The highest BCUT2D eigenvalue weighted by Crippen LogP contribution is 2.33. The highest BCUT2D eigenvalue weighted by atomic mass is 16.6. The number of ether oxygens (including phenoxy) is 1. The molecule has 1 aromatic carbocycles. The number of nitro benzene ring substituents is 1. The molecule has 0 fully saturated rings. The molecule has 0 heterocycles. The number of methoxy groups -OCH3 is 1. The molecular weight excluding hydrogens is 242 g/mol. The number of rotatable bonds is 4. The van der Waals surface area contributed by atoms with E-state index in [9.17, 15) is 20.0 Å². The van der Waals surface area contributed by atoms with Crippen molar-refractivity contribution in [2.45, 2.75) is 6.92 Å². The van der Waals surface area contributed by atoms with Gasteiger partial charge in [0.15, 0.2) is 11.5 Å². The molecule has 0 atom stereocenters. The Balaban J connectivity index is 3.16. The molecule has 1 aromatic rings. The Morgan fingerprint density at radius 2 is 2.28 bits per heavy atom. The summed E-state index contributed by atoms with van der Waals surface area (Å²) in [5, 5.41) is 23.9. The number of non-ortho nitro benzene ring substituents is 1. The molecule has 1 rings (SSSR count). The van der Waals surface area contributed by atoms with Crippen LogP contribution in [-0.4, -0.2) is 29.3 Å². The first kappa shape index (κ1) is 13.4. The fraction of sp³-hybridized carbons (Fsp3) is 0.200. The van der Waals surface area contributed by atoms with E-state index in [2.05, 4.69) is 10.5 Å². The van der Waals surface area contributed by atoms with Crippen LogP contribution in [0.5, 0.6) is 11.5 Å². The average molecular weight is 253 g/mol. The molecule has 0 aliphatic carbocycles. The van der Waals surface area contributed by atoms with Crippen LogP contribution in [0.3, 0.4) is 0 Å². The van der Waals surface area contributed by atoms with Crippen LogP contribution < -0.4 is 10.2 Å². The number of nitro groups is 1. The third kappa shape index (κ3) is 3.17. The zero-order chi connectivity index (χ0) is 13.7. The number of amides is 1. The van der Waals surface area contributed by atoms with Crippen LogP contribution in [0.1, 0.15) is 12.5 Å². The number of phenolic OH excluding ortho intramolecular Hbond substituents is 1. The van der Waals surface area contributed by atoms with Gasteiger partial charge in [0.05, 0.1) is 24.3 Å². The van der Waals surface area contributed by atoms with Gasteiger partial charge in [-0.15, -0.1) is 0 Å². The normalized spacial score (nSPS) is 10.3. The lowest BCUT2D eigenvalue weighted by atomic mass is 10.2. The molecule has 0 aliphatic heterocycles. The number of hydrogen-bond acceptors (Lipinski definition) is 6. The minimum Gasteiger partial charge on any atom is -0.504 e. The maximum atomic E-state index is 10.7. The number of hydrogen-bond donors (Lipinski definition) is 2. The summed E-state index contributed by atoms with van der Waals surface area (Å²) in [5.74, 6) is -0.742. The fourth-order valence-corrected chi connectivity index (χ4v) is 1.17. The van der Waals surface area contributed by atoms with Crippen molar-refractivity contribution in [2.75, 3.05) is 7.11 Å². The van der Waals surface area contributed by atoms with Gasteiger partial charge in [-0.2, -0.15) is 5.10 Å². The molecule has 0 radical (unpaired) electrons. The molecule has 0 saturated heterocycles. The maximum absolute atomic E-state index is 10.7. The van der Waals surface area contributed by atoms with Gasteiger partial charge in [-0.05, 0) is 0 Å². The summed E-state index contributed by atoms with van der Waals surface area (Å²) in [6.07, 6.45) is 1.09. The second kappa shape index (κ2) is 5.62. The molecule has 0 spiro atoms. The van der Waals surface area contributed by atoms with Crippen LogP contribution in [0, 0.1) is 10.1 Å². The van der Waals surface area contributed by atoms with Crippen molar-refractivity contribution in [2.24, 2.45) is 5.10 Å². The third-order valence-corrected chi connectivity index (χ3v) is 1.95. The number of aromatic hydroxyl groups is 1. The van der Waals surface area contributed by atoms with Crippen molar-refractivity contribution < 1.29 is 19.6 Å². The Bertz CT molecular complexity index is 512. The number of nitrogens with one attached hydrogen (secondary N) is 1. The zero-order valence-corrected chi connectivity index (χ0v) is 9.71. The van der Waals surface area contributed by atoms with Crippen molar-refractivity contribution in [3.63, 3.8) is 0 Å². The van der Waals surface area contributed by atoms with Gasteiger partial charge in [0.2, 0.25) is 5.91 Å². The predicted octanol–water partition coefficient (Wildman–Crippen LogP) is 0.779. The highest BCUT2D eigenvalue weighted by molar-refractivity contribution is 5.87. The van der Waals surface area contributed by atoms with Crippen LogP contribution >= 0.6 is 0 Å². The number of phenols is 1. The number of hydrazone groups is 1. The molecule has 0 aliphatic rings. The average Bonchev–Trinajstić information content (AvgIpc) is 2.30. The van der Waals surface area contributed by atoms with Crippen molar-refractivity contribution in [3.05, 3.63) is 27.8 Å². The summed E-state index contributed by atoms with van der Waals surface area (Å²) in [6.45, 7) is 1.26. The van der Waals surface area contributed by atoms with Crippen LogP contribution in [0.2, 0.25) is 0 Å². The zero-order valence-electron chi connectivity index (χ0n) is 9.71. The summed E-state index contributed by atoms with van der Waals surface area (Å²) < 4.78 is 4.80. The molecule has 8 heteroatoms. The van der Waals surface area contributed by atoms with E-state index in [1.54, 1.807) is 0 Å². The van der Waals surface area contributed by atoms with Crippen LogP contribution in [0.25, 0.3) is 0 Å². The molecule has 0 saturated carbocycles. The standard InChI is InChI=1S/C10H11N3O5/c1-6(14)12-11-5-7-3-8(13(16)17)4-9(18-2)10(7)15/h3-5,15H,1-2H3,(H,12,14)/b11-5-.